The van der Waals surface area contributed by atoms with Gasteiger partial charge in [0, 0.05) is 31.0 Å². The first-order chi connectivity index (χ1) is 23.1. The minimum atomic E-state index is -1.16. The summed E-state index contributed by atoms with van der Waals surface area (Å²) in [6.07, 6.45) is 9.33. The molecule has 4 saturated carbocycles. The summed E-state index contributed by atoms with van der Waals surface area (Å²) in [4.78, 5) is 54.5. The second-order valence-electron chi connectivity index (χ2n) is 19.7. The molecule has 1 aliphatic heterocycles. The Morgan fingerprint density at radius 1 is 0.920 bits per heavy atom. The number of rotatable bonds is 6. The van der Waals surface area contributed by atoms with Gasteiger partial charge in [0.1, 0.15) is 6.10 Å². The molecule has 6 aliphatic rings. The zero-order chi connectivity index (χ0) is 36.8. The molecule has 5 fully saturated rings. The zero-order valence-electron chi connectivity index (χ0n) is 32.4. The van der Waals surface area contributed by atoms with Gasteiger partial charge in [-0.2, -0.15) is 0 Å². The van der Waals surface area contributed by atoms with E-state index >= 15 is 0 Å². The van der Waals surface area contributed by atoms with E-state index < -0.39 is 22.9 Å². The molecule has 5 aliphatic carbocycles. The summed E-state index contributed by atoms with van der Waals surface area (Å²) >= 11 is 0. The van der Waals surface area contributed by atoms with Gasteiger partial charge in [-0.1, -0.05) is 48.5 Å². The molecular formula is C41H65N3O6. The summed E-state index contributed by atoms with van der Waals surface area (Å²) in [7, 11) is 0. The number of urea groups is 1. The number of esters is 1. The van der Waals surface area contributed by atoms with Crippen molar-refractivity contribution in [2.75, 3.05) is 13.1 Å². The third-order valence-electron chi connectivity index (χ3n) is 16.0. The van der Waals surface area contributed by atoms with E-state index in [1.807, 2.05) is 4.90 Å². The van der Waals surface area contributed by atoms with Crippen LogP contribution in [0.4, 0.5) is 4.79 Å². The van der Waals surface area contributed by atoms with Crippen LogP contribution in [0.1, 0.15) is 139 Å². The maximum Gasteiger partial charge on any atom is 0.318 e. The highest BCUT2D eigenvalue weighted by molar-refractivity contribution is 6.02. The maximum absolute atomic E-state index is 14.0. The average molecular weight is 696 g/mol. The van der Waals surface area contributed by atoms with Gasteiger partial charge in [-0.05, 0) is 129 Å². The molecule has 50 heavy (non-hydrogen) atoms. The number of ether oxygens (including phenoxy) is 1. The Morgan fingerprint density at radius 2 is 1.58 bits per heavy atom. The van der Waals surface area contributed by atoms with Gasteiger partial charge in [0.05, 0.1) is 17.4 Å². The van der Waals surface area contributed by atoms with Crippen molar-refractivity contribution in [2.24, 2.45) is 56.5 Å². The minimum absolute atomic E-state index is 0.0218. The van der Waals surface area contributed by atoms with Crippen molar-refractivity contribution in [1.29, 1.82) is 0 Å². The Labute approximate surface area is 300 Å². The van der Waals surface area contributed by atoms with E-state index in [0.29, 0.717) is 31.3 Å². The normalized spacial score (nSPS) is 40.1. The number of piperidine rings is 1. The number of nitrogens with two attached hydrogens (primary N) is 1. The molecule has 1 heterocycles. The molecule has 0 radical (unpaired) electrons. The third-order valence-corrected chi connectivity index (χ3v) is 16.0. The molecular weight excluding hydrogens is 630 g/mol. The molecule has 3 unspecified atom stereocenters. The predicted octanol–water partition coefficient (Wildman–Crippen LogP) is 7.26. The van der Waals surface area contributed by atoms with E-state index in [4.69, 9.17) is 10.5 Å². The van der Waals surface area contributed by atoms with Gasteiger partial charge in [0.2, 0.25) is 0 Å². The molecule has 6 rings (SSSR count). The number of ketones is 1. The number of carbonyl (C=O) groups excluding carboxylic acids is 3. The van der Waals surface area contributed by atoms with Crippen LogP contribution in [0.2, 0.25) is 0 Å². The largest absolute Gasteiger partial charge is 0.481 e. The number of carbonyl (C=O) groups is 4. The number of hydrogen-bond acceptors (Lipinski definition) is 6. The van der Waals surface area contributed by atoms with Crippen LogP contribution in [-0.4, -0.2) is 64.5 Å². The van der Waals surface area contributed by atoms with Crippen LogP contribution in [0.5, 0.6) is 0 Å². The van der Waals surface area contributed by atoms with Crippen LogP contribution in [0.15, 0.2) is 11.1 Å². The zero-order valence-corrected chi connectivity index (χ0v) is 32.4. The van der Waals surface area contributed by atoms with Crippen LogP contribution in [0.25, 0.3) is 0 Å². The van der Waals surface area contributed by atoms with Gasteiger partial charge in [-0.15, -0.1) is 0 Å². The molecule has 0 aromatic heterocycles. The average Bonchev–Trinajstić information content (AvgIpc) is 3.30. The number of amides is 2. The monoisotopic (exact) mass is 695 g/mol. The number of carboxylic acid groups (broad SMARTS) is 1. The lowest BCUT2D eigenvalue weighted by molar-refractivity contribution is -0.232. The Balaban J connectivity index is 1.28. The van der Waals surface area contributed by atoms with Crippen molar-refractivity contribution >= 4 is 23.8 Å². The van der Waals surface area contributed by atoms with E-state index in [1.165, 1.54) is 5.57 Å². The van der Waals surface area contributed by atoms with Gasteiger partial charge in [0.15, 0.2) is 5.78 Å². The molecule has 0 aromatic carbocycles. The highest BCUT2D eigenvalue weighted by Gasteiger charge is 2.70. The molecule has 0 spiro atoms. The number of likely N-dealkylation sites (tertiary alicyclic amines) is 1. The highest BCUT2D eigenvalue weighted by Crippen LogP contribution is 2.76. The summed E-state index contributed by atoms with van der Waals surface area (Å²) in [5, 5.41) is 13.1. The van der Waals surface area contributed by atoms with Crippen LogP contribution >= 0.6 is 0 Å². The highest BCUT2D eigenvalue weighted by atomic mass is 16.5. The fraction of sp³-hybridized carbons (Fsp3) is 0.854. The van der Waals surface area contributed by atoms with E-state index in [0.717, 1.165) is 69.8 Å². The lowest BCUT2D eigenvalue weighted by Crippen LogP contribution is -2.67. The van der Waals surface area contributed by atoms with Gasteiger partial charge < -0.3 is 25.8 Å². The number of nitrogens with zero attached hydrogens (tertiary/aromatic N) is 1. The fourth-order valence-corrected chi connectivity index (χ4v) is 13.0. The molecule has 280 valence electrons. The van der Waals surface area contributed by atoms with Crippen LogP contribution in [0.3, 0.4) is 0 Å². The molecule has 0 aromatic rings. The van der Waals surface area contributed by atoms with Crippen LogP contribution in [-0.2, 0) is 19.1 Å². The molecule has 2 amide bonds. The van der Waals surface area contributed by atoms with Gasteiger partial charge in [-0.3, -0.25) is 14.4 Å². The summed E-state index contributed by atoms with van der Waals surface area (Å²) in [5.41, 5.74) is 6.45. The van der Waals surface area contributed by atoms with E-state index in [9.17, 15) is 24.3 Å². The lowest BCUT2D eigenvalue weighted by atomic mass is 9.33. The SMILES string of the molecule is CC(C)C1=C2C3CCC4[C@@]5(C)CC[C@H](OC(=O)CC(C)(C)C(=O)O)C(C)(C)C5CC[C@@]4(C)[C@]3(C)CC[C@@]2(NC(=O)N2CCC(N)CC2)CC1=O. The smallest absolute Gasteiger partial charge is 0.318 e. The van der Waals surface area contributed by atoms with E-state index in [1.54, 1.807) is 13.8 Å². The minimum Gasteiger partial charge on any atom is -0.481 e. The number of nitrogens with one attached hydrogen (secondary N) is 1. The Kier molecular flexibility index (Phi) is 9.21. The van der Waals surface area contributed by atoms with Crippen molar-refractivity contribution in [2.45, 2.75) is 157 Å². The van der Waals surface area contributed by atoms with Gasteiger partial charge in [-0.25, -0.2) is 4.79 Å². The van der Waals surface area contributed by atoms with Gasteiger partial charge in [0.25, 0.3) is 0 Å². The number of fused-ring (bicyclic) bond motifs is 7. The maximum atomic E-state index is 14.0. The number of allylic oxidation sites excluding steroid dienone is 1. The third kappa shape index (κ3) is 5.57. The molecule has 9 nitrogen and oxygen atoms in total. The molecule has 8 atom stereocenters. The summed E-state index contributed by atoms with van der Waals surface area (Å²) < 4.78 is 6.15. The van der Waals surface area contributed by atoms with Gasteiger partial charge >= 0.3 is 18.0 Å². The number of Topliss-reactive ketones (excluding diaryl/α,β-unsaturated/α-hetero) is 1. The number of hydrogen-bond donors (Lipinski definition) is 3. The number of aliphatic carboxylic acids is 1. The topological polar surface area (TPSA) is 139 Å². The van der Waals surface area contributed by atoms with Crippen molar-refractivity contribution in [1.82, 2.24) is 10.2 Å². The first-order valence-corrected chi connectivity index (χ1v) is 19.7. The molecule has 9 heteroatoms. The summed E-state index contributed by atoms with van der Waals surface area (Å²) in [5.74, 6) is -0.0144. The van der Waals surface area contributed by atoms with Crippen molar-refractivity contribution < 1.29 is 29.0 Å². The summed E-state index contributed by atoms with van der Waals surface area (Å²) in [6, 6.07) is 0.0957. The van der Waals surface area contributed by atoms with Crippen LogP contribution in [0, 0.1) is 50.7 Å². The first kappa shape index (κ1) is 37.3. The standard InChI is InChI=1S/C41H65N3O6/c1-24(2)32-27(45)22-41(43-35(49)44-20-14-25(42)15-21-44)19-18-39(8)26(33(32)41)10-11-29-38(7)16-13-30(50-31(46)23-36(3,4)34(47)48)37(5,6)28(38)12-17-40(29,39)9/h24-26,28-30H,10-23,42H2,1-9H3,(H,43,49)(H,47,48)/t26?,28?,29?,30-,38-,39+,40+,41+/m0/s1. The van der Waals surface area contributed by atoms with Crippen molar-refractivity contribution in [3.8, 4) is 0 Å². The second-order valence-corrected chi connectivity index (χ2v) is 19.7. The summed E-state index contributed by atoms with van der Waals surface area (Å²) in [6.45, 7) is 20.9. The van der Waals surface area contributed by atoms with Crippen LogP contribution < -0.4 is 11.1 Å². The Bertz CT molecular complexity index is 1460. The molecule has 0 bridgehead atoms. The molecule has 1 saturated heterocycles. The lowest BCUT2D eigenvalue weighted by Gasteiger charge is -2.72. The predicted molar refractivity (Wildman–Crippen MR) is 193 cm³/mol. The second kappa shape index (κ2) is 12.3. The Hall–Kier alpha value is -2.42. The Morgan fingerprint density at radius 3 is 2.20 bits per heavy atom. The fourth-order valence-electron chi connectivity index (χ4n) is 13.0. The van der Waals surface area contributed by atoms with E-state index in [2.05, 4.69) is 53.8 Å². The van der Waals surface area contributed by atoms with Crippen molar-refractivity contribution in [3.63, 3.8) is 0 Å². The first-order valence-electron chi connectivity index (χ1n) is 19.7. The van der Waals surface area contributed by atoms with Crippen molar-refractivity contribution in [3.05, 3.63) is 11.1 Å². The quantitative estimate of drug-likeness (QED) is 0.249. The number of carboxylic acids is 1. The molecule has 4 N–H and O–H groups in total. The van der Waals surface area contributed by atoms with E-state index in [-0.39, 0.29) is 63.9 Å².